The predicted molar refractivity (Wildman–Crippen MR) is 167 cm³/mol. The Bertz CT molecular complexity index is 1760. The van der Waals surface area contributed by atoms with Crippen LogP contribution in [0.1, 0.15) is 27.5 Å². The van der Waals surface area contributed by atoms with E-state index in [0.717, 1.165) is 11.1 Å². The van der Waals surface area contributed by atoms with Crippen molar-refractivity contribution >= 4 is 44.8 Å². The van der Waals surface area contributed by atoms with Crippen molar-refractivity contribution in [1.29, 1.82) is 0 Å². The SMILES string of the molecule is CN(C(=O)c1cc(Cl)ccc1NS(=O)(=O)c1ccc(Oc2ccccc2Cl)cc1)C(c1ccccc1)c1ccccc1. The molecule has 0 heterocycles. The molecule has 1 amide bonds. The van der Waals surface area contributed by atoms with E-state index in [1.807, 2.05) is 60.7 Å². The van der Waals surface area contributed by atoms with Crippen LogP contribution >= 0.6 is 23.2 Å². The van der Waals surface area contributed by atoms with E-state index in [-0.39, 0.29) is 16.1 Å². The van der Waals surface area contributed by atoms with E-state index in [0.29, 0.717) is 21.5 Å². The van der Waals surface area contributed by atoms with E-state index in [1.165, 1.54) is 42.5 Å². The summed E-state index contributed by atoms with van der Waals surface area (Å²) in [6.07, 6.45) is 0. The predicted octanol–water partition coefficient (Wildman–Crippen LogP) is 8.45. The van der Waals surface area contributed by atoms with Gasteiger partial charge in [-0.1, -0.05) is 96.0 Å². The minimum atomic E-state index is -4.08. The van der Waals surface area contributed by atoms with Gasteiger partial charge in [0.15, 0.2) is 0 Å². The number of amides is 1. The Morgan fingerprint density at radius 1 is 0.762 bits per heavy atom. The summed E-state index contributed by atoms with van der Waals surface area (Å²) in [5.74, 6) is 0.459. The Morgan fingerprint density at radius 3 is 1.93 bits per heavy atom. The zero-order valence-electron chi connectivity index (χ0n) is 22.4. The first kappa shape index (κ1) is 29.2. The molecule has 0 radical (unpaired) electrons. The van der Waals surface area contributed by atoms with Crippen LogP contribution in [0.4, 0.5) is 5.69 Å². The maximum atomic E-state index is 14.0. The highest BCUT2D eigenvalue weighted by molar-refractivity contribution is 7.92. The number of sulfonamides is 1. The van der Waals surface area contributed by atoms with Crippen molar-refractivity contribution in [3.63, 3.8) is 0 Å². The molecule has 0 saturated carbocycles. The second kappa shape index (κ2) is 12.7. The topological polar surface area (TPSA) is 75.7 Å². The molecule has 42 heavy (non-hydrogen) atoms. The molecule has 0 aliphatic heterocycles. The lowest BCUT2D eigenvalue weighted by Crippen LogP contribution is -2.32. The summed E-state index contributed by atoms with van der Waals surface area (Å²) in [5.41, 5.74) is 2.03. The summed E-state index contributed by atoms with van der Waals surface area (Å²) in [7, 11) is -2.39. The molecule has 6 nitrogen and oxygen atoms in total. The van der Waals surface area contributed by atoms with Crippen LogP contribution in [0.2, 0.25) is 10.0 Å². The lowest BCUT2D eigenvalue weighted by Gasteiger charge is -2.30. The monoisotopic (exact) mass is 616 g/mol. The maximum Gasteiger partial charge on any atom is 0.261 e. The number of nitrogens with one attached hydrogen (secondary N) is 1. The summed E-state index contributed by atoms with van der Waals surface area (Å²) in [4.78, 5) is 15.5. The molecule has 0 aliphatic carbocycles. The molecule has 0 bridgehead atoms. The molecule has 0 aliphatic rings. The van der Waals surface area contributed by atoms with Crippen LogP contribution in [0.25, 0.3) is 0 Å². The molecule has 0 aromatic heterocycles. The van der Waals surface area contributed by atoms with Crippen molar-refractivity contribution in [3.05, 3.63) is 154 Å². The van der Waals surface area contributed by atoms with Gasteiger partial charge in [-0.05, 0) is 65.7 Å². The number of rotatable bonds is 9. The van der Waals surface area contributed by atoms with Gasteiger partial charge in [0.25, 0.3) is 15.9 Å². The highest BCUT2D eigenvalue weighted by atomic mass is 35.5. The number of hydrogen-bond donors (Lipinski definition) is 1. The average Bonchev–Trinajstić information content (AvgIpc) is 3.00. The first-order valence-electron chi connectivity index (χ1n) is 12.9. The minimum Gasteiger partial charge on any atom is -0.456 e. The van der Waals surface area contributed by atoms with Crippen molar-refractivity contribution in [3.8, 4) is 11.5 Å². The first-order chi connectivity index (χ1) is 20.2. The Morgan fingerprint density at radius 2 is 1.33 bits per heavy atom. The van der Waals surface area contributed by atoms with Gasteiger partial charge in [0.05, 0.1) is 27.2 Å². The summed E-state index contributed by atoms with van der Waals surface area (Å²) in [6.45, 7) is 0. The van der Waals surface area contributed by atoms with Crippen molar-refractivity contribution in [2.45, 2.75) is 10.9 Å². The molecule has 5 aromatic rings. The number of para-hydroxylation sites is 1. The van der Waals surface area contributed by atoms with Crippen molar-refractivity contribution in [2.75, 3.05) is 11.8 Å². The van der Waals surface area contributed by atoms with Crippen LogP contribution in [-0.4, -0.2) is 26.3 Å². The summed E-state index contributed by atoms with van der Waals surface area (Å²) < 4.78 is 35.1. The molecule has 0 spiro atoms. The van der Waals surface area contributed by atoms with Gasteiger partial charge < -0.3 is 9.64 Å². The van der Waals surface area contributed by atoms with Crippen molar-refractivity contribution in [2.24, 2.45) is 0 Å². The quantitative estimate of drug-likeness (QED) is 0.180. The van der Waals surface area contributed by atoms with Crippen LogP contribution < -0.4 is 9.46 Å². The molecule has 9 heteroatoms. The standard InChI is InChI=1S/C33H26Cl2N2O4S/c1-37(32(23-10-4-2-5-11-23)24-12-6-3-7-13-24)33(38)28-22-25(34)16-21-30(28)36-42(39,40)27-19-17-26(18-20-27)41-31-15-9-8-14-29(31)35/h2-22,32,36H,1H3. The smallest absolute Gasteiger partial charge is 0.261 e. The number of nitrogens with zero attached hydrogens (tertiary/aromatic N) is 1. The molecule has 212 valence electrons. The van der Waals surface area contributed by atoms with E-state index in [4.69, 9.17) is 27.9 Å². The lowest BCUT2D eigenvalue weighted by atomic mass is 9.96. The van der Waals surface area contributed by atoms with Gasteiger partial charge in [0.1, 0.15) is 11.5 Å². The summed E-state index contributed by atoms with van der Waals surface area (Å²) in [6, 6.07) is 36.2. The van der Waals surface area contributed by atoms with Crippen LogP contribution in [-0.2, 0) is 10.0 Å². The lowest BCUT2D eigenvalue weighted by molar-refractivity contribution is 0.0756. The van der Waals surface area contributed by atoms with Crippen molar-refractivity contribution in [1.82, 2.24) is 4.90 Å². The van der Waals surface area contributed by atoms with Gasteiger partial charge in [-0.3, -0.25) is 9.52 Å². The van der Waals surface area contributed by atoms with Gasteiger partial charge in [0.2, 0.25) is 0 Å². The number of carbonyl (C=O) groups excluding carboxylic acids is 1. The molecule has 0 saturated heterocycles. The van der Waals surface area contributed by atoms with Crippen LogP contribution in [0.15, 0.2) is 132 Å². The van der Waals surface area contributed by atoms with Gasteiger partial charge >= 0.3 is 0 Å². The second-order valence-electron chi connectivity index (χ2n) is 9.44. The Kier molecular flexibility index (Phi) is 8.83. The highest BCUT2D eigenvalue weighted by Crippen LogP contribution is 2.33. The van der Waals surface area contributed by atoms with Crippen LogP contribution in [0, 0.1) is 0 Å². The van der Waals surface area contributed by atoms with E-state index < -0.39 is 22.0 Å². The Hall–Kier alpha value is -4.30. The summed E-state index contributed by atoms with van der Waals surface area (Å²) in [5, 5.41) is 0.731. The van der Waals surface area contributed by atoms with Gasteiger partial charge in [-0.25, -0.2) is 8.42 Å². The molecule has 5 rings (SSSR count). The fourth-order valence-electron chi connectivity index (χ4n) is 4.54. The molecule has 0 unspecified atom stereocenters. The largest absolute Gasteiger partial charge is 0.456 e. The van der Waals surface area contributed by atoms with E-state index in [1.54, 1.807) is 36.2 Å². The molecular weight excluding hydrogens is 591 g/mol. The fraction of sp³-hybridized carbons (Fsp3) is 0.0606. The Labute approximate surface area is 255 Å². The molecular formula is C33H26Cl2N2O4S. The zero-order valence-corrected chi connectivity index (χ0v) is 24.8. The zero-order chi connectivity index (χ0) is 29.7. The normalized spacial score (nSPS) is 11.2. The number of hydrogen-bond acceptors (Lipinski definition) is 4. The second-order valence-corrected chi connectivity index (χ2v) is 12.0. The summed E-state index contributed by atoms with van der Waals surface area (Å²) >= 11 is 12.5. The highest BCUT2D eigenvalue weighted by Gasteiger charge is 2.27. The third-order valence-corrected chi connectivity index (χ3v) is 8.52. The maximum absolute atomic E-state index is 14.0. The number of benzene rings is 5. The third-order valence-electron chi connectivity index (χ3n) is 6.59. The van der Waals surface area contributed by atoms with E-state index in [2.05, 4.69) is 4.72 Å². The van der Waals surface area contributed by atoms with Gasteiger partial charge in [-0.15, -0.1) is 0 Å². The van der Waals surface area contributed by atoms with E-state index >= 15 is 0 Å². The number of halogens is 2. The average molecular weight is 618 g/mol. The number of carbonyl (C=O) groups is 1. The van der Waals surface area contributed by atoms with Crippen LogP contribution in [0.3, 0.4) is 0 Å². The molecule has 1 N–H and O–H groups in total. The molecule has 0 fully saturated rings. The van der Waals surface area contributed by atoms with Gasteiger partial charge in [0, 0.05) is 12.1 Å². The third kappa shape index (κ3) is 6.60. The number of ether oxygens (including phenoxy) is 1. The van der Waals surface area contributed by atoms with Crippen LogP contribution in [0.5, 0.6) is 11.5 Å². The first-order valence-corrected chi connectivity index (χ1v) is 15.2. The van der Waals surface area contributed by atoms with Gasteiger partial charge in [-0.2, -0.15) is 0 Å². The fourth-order valence-corrected chi connectivity index (χ4v) is 5.97. The Balaban J connectivity index is 1.43. The van der Waals surface area contributed by atoms with E-state index in [9.17, 15) is 13.2 Å². The minimum absolute atomic E-state index is 0.0119. The van der Waals surface area contributed by atoms with Crippen molar-refractivity contribution < 1.29 is 17.9 Å². The molecule has 5 aromatic carbocycles. The molecule has 0 atom stereocenters. The number of anilines is 1.